The van der Waals surface area contributed by atoms with Gasteiger partial charge in [0.2, 0.25) is 0 Å². The zero-order valence-corrected chi connectivity index (χ0v) is 7.84. The van der Waals surface area contributed by atoms with Crippen molar-refractivity contribution >= 4 is 5.82 Å². The number of aryl methyl sites for hydroxylation is 1. The summed E-state index contributed by atoms with van der Waals surface area (Å²) in [5.74, 6) is 1.70. The monoisotopic (exact) mass is 189 g/mol. The molecule has 2 rings (SSSR count). The van der Waals surface area contributed by atoms with Crippen LogP contribution >= 0.6 is 0 Å². The van der Waals surface area contributed by atoms with Crippen molar-refractivity contribution in [3.63, 3.8) is 0 Å². The summed E-state index contributed by atoms with van der Waals surface area (Å²) in [6.07, 6.45) is 1.62. The van der Waals surface area contributed by atoms with Gasteiger partial charge in [0.15, 0.2) is 5.82 Å². The zero-order valence-electron chi connectivity index (χ0n) is 7.84. The Hall–Kier alpha value is -1.97. The molecular weight excluding hydrogens is 178 g/mol. The second-order valence-electron chi connectivity index (χ2n) is 2.96. The maximum Gasteiger partial charge on any atom is 0.262 e. The Morgan fingerprint density at radius 2 is 2.00 bits per heavy atom. The Morgan fingerprint density at radius 1 is 1.29 bits per heavy atom. The average molecular weight is 189 g/mol. The molecule has 4 heteroatoms. The number of benzene rings is 1. The van der Waals surface area contributed by atoms with E-state index in [1.165, 1.54) is 0 Å². The van der Waals surface area contributed by atoms with Crippen molar-refractivity contribution in [2.75, 3.05) is 5.73 Å². The van der Waals surface area contributed by atoms with Crippen LogP contribution in [-0.4, -0.2) is 9.55 Å². The number of para-hydroxylation sites is 1. The van der Waals surface area contributed by atoms with Crippen LogP contribution in [0.25, 0.3) is 0 Å². The fraction of sp³-hybridized carbons (Fsp3) is 0.100. The van der Waals surface area contributed by atoms with Crippen molar-refractivity contribution in [2.24, 2.45) is 7.05 Å². The van der Waals surface area contributed by atoms with Crippen molar-refractivity contribution < 1.29 is 4.74 Å². The predicted octanol–water partition coefficient (Wildman–Crippen LogP) is 1.79. The Kier molecular flexibility index (Phi) is 2.10. The lowest BCUT2D eigenvalue weighted by Gasteiger charge is -2.02. The molecular formula is C10H11N3O. The van der Waals surface area contributed by atoms with E-state index >= 15 is 0 Å². The van der Waals surface area contributed by atoms with Gasteiger partial charge in [-0.25, -0.2) is 4.98 Å². The molecule has 2 aromatic rings. The number of nitrogens with two attached hydrogens (primary N) is 1. The Morgan fingerprint density at radius 3 is 2.57 bits per heavy atom. The van der Waals surface area contributed by atoms with Crippen LogP contribution in [0.15, 0.2) is 36.7 Å². The van der Waals surface area contributed by atoms with Crippen molar-refractivity contribution in [3.05, 3.63) is 36.7 Å². The standard InChI is InChI=1S/C10H11N3O/c1-13-7-12-10(9(13)11)14-8-5-3-2-4-6-8/h2-7H,11H2,1H3. The molecule has 0 unspecified atom stereocenters. The quantitative estimate of drug-likeness (QED) is 0.783. The van der Waals surface area contributed by atoms with Gasteiger partial charge in [0.05, 0.1) is 0 Å². The lowest BCUT2D eigenvalue weighted by atomic mass is 10.3. The normalized spacial score (nSPS) is 10.1. The Bertz CT molecular complexity index is 422. The molecule has 72 valence electrons. The third-order valence-corrected chi connectivity index (χ3v) is 1.91. The van der Waals surface area contributed by atoms with E-state index < -0.39 is 0 Å². The molecule has 0 fully saturated rings. The van der Waals surface area contributed by atoms with Crippen LogP contribution in [0.5, 0.6) is 11.6 Å². The first kappa shape index (κ1) is 8.62. The predicted molar refractivity (Wildman–Crippen MR) is 54.1 cm³/mol. The summed E-state index contributed by atoms with van der Waals surface area (Å²) in [5, 5.41) is 0. The fourth-order valence-corrected chi connectivity index (χ4v) is 1.10. The second kappa shape index (κ2) is 3.41. The molecule has 0 bridgehead atoms. The molecule has 0 aliphatic carbocycles. The maximum absolute atomic E-state index is 5.73. The molecule has 14 heavy (non-hydrogen) atoms. The number of ether oxygens (including phenoxy) is 1. The number of anilines is 1. The highest BCUT2D eigenvalue weighted by Crippen LogP contribution is 2.24. The zero-order chi connectivity index (χ0) is 9.97. The number of rotatable bonds is 2. The molecule has 0 amide bonds. The number of nitrogen functional groups attached to an aromatic ring is 1. The Balaban J connectivity index is 2.23. The lowest BCUT2D eigenvalue weighted by molar-refractivity contribution is 0.468. The van der Waals surface area contributed by atoms with Gasteiger partial charge in [-0.3, -0.25) is 0 Å². The van der Waals surface area contributed by atoms with Crippen molar-refractivity contribution in [2.45, 2.75) is 0 Å². The first-order chi connectivity index (χ1) is 6.77. The molecule has 0 aliphatic heterocycles. The van der Waals surface area contributed by atoms with Gasteiger partial charge in [-0.15, -0.1) is 0 Å². The van der Waals surface area contributed by atoms with E-state index in [0.717, 1.165) is 5.75 Å². The van der Waals surface area contributed by atoms with E-state index in [1.807, 2.05) is 37.4 Å². The first-order valence-electron chi connectivity index (χ1n) is 4.27. The van der Waals surface area contributed by atoms with Crippen molar-refractivity contribution in [1.82, 2.24) is 9.55 Å². The van der Waals surface area contributed by atoms with Gasteiger partial charge >= 0.3 is 0 Å². The minimum Gasteiger partial charge on any atom is -0.436 e. The number of hydrogen-bond acceptors (Lipinski definition) is 3. The van der Waals surface area contributed by atoms with Crippen LogP contribution < -0.4 is 10.5 Å². The third-order valence-electron chi connectivity index (χ3n) is 1.91. The SMILES string of the molecule is Cn1cnc(Oc2ccccc2)c1N. The minimum absolute atomic E-state index is 0.443. The summed E-state index contributed by atoms with van der Waals surface area (Å²) in [6, 6.07) is 9.43. The summed E-state index contributed by atoms with van der Waals surface area (Å²) in [7, 11) is 1.82. The summed E-state index contributed by atoms with van der Waals surface area (Å²) in [5.41, 5.74) is 5.73. The first-order valence-corrected chi connectivity index (χ1v) is 4.27. The highest BCUT2D eigenvalue weighted by Gasteiger charge is 2.06. The van der Waals surface area contributed by atoms with Crippen LogP contribution in [0.1, 0.15) is 0 Å². The summed E-state index contributed by atoms with van der Waals surface area (Å²) < 4.78 is 7.18. The van der Waals surface area contributed by atoms with Crippen LogP contribution in [-0.2, 0) is 7.05 Å². The van der Waals surface area contributed by atoms with E-state index in [-0.39, 0.29) is 0 Å². The smallest absolute Gasteiger partial charge is 0.262 e. The van der Waals surface area contributed by atoms with Crippen molar-refractivity contribution in [3.8, 4) is 11.6 Å². The minimum atomic E-state index is 0.443. The summed E-state index contributed by atoms with van der Waals surface area (Å²) >= 11 is 0. The molecule has 4 nitrogen and oxygen atoms in total. The maximum atomic E-state index is 5.73. The van der Waals surface area contributed by atoms with Gasteiger partial charge in [0, 0.05) is 7.05 Å². The van der Waals surface area contributed by atoms with Crippen LogP contribution in [0.3, 0.4) is 0 Å². The van der Waals surface area contributed by atoms with E-state index in [4.69, 9.17) is 10.5 Å². The van der Waals surface area contributed by atoms with E-state index in [9.17, 15) is 0 Å². The molecule has 0 saturated heterocycles. The highest BCUT2D eigenvalue weighted by atomic mass is 16.5. The van der Waals surface area contributed by atoms with Gasteiger partial charge in [0.1, 0.15) is 12.1 Å². The molecule has 0 spiro atoms. The van der Waals surface area contributed by atoms with Crippen LogP contribution in [0, 0.1) is 0 Å². The number of aromatic nitrogens is 2. The molecule has 1 aromatic heterocycles. The van der Waals surface area contributed by atoms with Gasteiger partial charge in [-0.2, -0.15) is 0 Å². The largest absolute Gasteiger partial charge is 0.436 e. The van der Waals surface area contributed by atoms with Gasteiger partial charge < -0.3 is 15.0 Å². The van der Waals surface area contributed by atoms with Gasteiger partial charge in [0.25, 0.3) is 5.88 Å². The molecule has 2 N–H and O–H groups in total. The van der Waals surface area contributed by atoms with E-state index in [1.54, 1.807) is 10.9 Å². The number of nitrogens with zero attached hydrogens (tertiary/aromatic N) is 2. The Labute approximate surface area is 81.9 Å². The fourth-order valence-electron chi connectivity index (χ4n) is 1.10. The highest BCUT2D eigenvalue weighted by molar-refractivity contribution is 5.43. The average Bonchev–Trinajstić information content (AvgIpc) is 2.52. The molecule has 0 saturated carbocycles. The molecule has 1 heterocycles. The van der Waals surface area contributed by atoms with Crippen LogP contribution in [0.4, 0.5) is 5.82 Å². The third kappa shape index (κ3) is 1.54. The lowest BCUT2D eigenvalue weighted by Crippen LogP contribution is -1.96. The molecule has 0 aliphatic rings. The number of imidazole rings is 1. The van der Waals surface area contributed by atoms with E-state index in [2.05, 4.69) is 4.98 Å². The summed E-state index contributed by atoms with van der Waals surface area (Å²) in [6.45, 7) is 0. The van der Waals surface area contributed by atoms with Crippen molar-refractivity contribution in [1.29, 1.82) is 0 Å². The summed E-state index contributed by atoms with van der Waals surface area (Å²) in [4.78, 5) is 4.03. The molecule has 0 radical (unpaired) electrons. The molecule has 1 aromatic carbocycles. The molecule has 0 atom stereocenters. The topological polar surface area (TPSA) is 53.1 Å². The van der Waals surface area contributed by atoms with Gasteiger partial charge in [-0.1, -0.05) is 18.2 Å². The second-order valence-corrected chi connectivity index (χ2v) is 2.96. The van der Waals surface area contributed by atoms with Crippen LogP contribution in [0.2, 0.25) is 0 Å². The van der Waals surface area contributed by atoms with Gasteiger partial charge in [-0.05, 0) is 12.1 Å². The number of hydrogen-bond donors (Lipinski definition) is 1. The van der Waals surface area contributed by atoms with E-state index in [0.29, 0.717) is 11.7 Å².